The molecule has 0 saturated carbocycles. The topological polar surface area (TPSA) is 87.0 Å². The van der Waals surface area contributed by atoms with Crippen molar-refractivity contribution in [1.82, 2.24) is 0 Å². The third-order valence-corrected chi connectivity index (χ3v) is 3.30. The minimum atomic E-state index is -0.661. The minimum absolute atomic E-state index is 0.0145. The van der Waals surface area contributed by atoms with Crippen molar-refractivity contribution in [2.45, 2.75) is 25.9 Å². The van der Waals surface area contributed by atoms with E-state index in [0.29, 0.717) is 6.42 Å². The van der Waals surface area contributed by atoms with Gasteiger partial charge in [0, 0.05) is 0 Å². The summed E-state index contributed by atoms with van der Waals surface area (Å²) in [6.07, 6.45) is 1.12. The summed E-state index contributed by atoms with van der Waals surface area (Å²) < 4.78 is 5.27. The number of hydrogen-bond donors (Lipinski definition) is 3. The Morgan fingerprint density at radius 1 is 1.09 bits per heavy atom. The van der Waals surface area contributed by atoms with Crippen LogP contribution in [0.2, 0.25) is 0 Å². The van der Waals surface area contributed by atoms with E-state index in [1.165, 1.54) is 0 Å². The molecule has 5 heteroatoms. The first kappa shape index (κ1) is 15.7. The average molecular weight is 302 g/mol. The monoisotopic (exact) mass is 302 g/mol. The average Bonchev–Trinajstić information content (AvgIpc) is 2.51. The quantitative estimate of drug-likeness (QED) is 0.584. The van der Waals surface area contributed by atoms with Gasteiger partial charge in [0.2, 0.25) is 0 Å². The molecule has 0 saturated heterocycles. The predicted octanol–water partition coefficient (Wildman–Crippen LogP) is 2.98. The Morgan fingerprint density at radius 2 is 1.68 bits per heavy atom. The molecule has 0 aliphatic carbocycles. The summed E-state index contributed by atoms with van der Waals surface area (Å²) in [5.41, 5.74) is 1.14. The highest BCUT2D eigenvalue weighted by atomic mass is 16.5. The molecule has 0 radical (unpaired) electrons. The van der Waals surface area contributed by atoms with E-state index in [9.17, 15) is 20.1 Å². The molecular formula is C17H18O5. The van der Waals surface area contributed by atoms with Crippen LogP contribution >= 0.6 is 0 Å². The Kier molecular flexibility index (Phi) is 4.88. The number of phenolic OH excluding ortho intramolecular Hbond substituents is 3. The van der Waals surface area contributed by atoms with E-state index in [1.807, 2.05) is 30.3 Å². The second kappa shape index (κ2) is 6.85. The van der Waals surface area contributed by atoms with Crippen LogP contribution in [0.25, 0.3) is 0 Å². The minimum Gasteiger partial charge on any atom is -0.504 e. The summed E-state index contributed by atoms with van der Waals surface area (Å²) in [6.45, 7) is 1.78. The van der Waals surface area contributed by atoms with Crippen molar-refractivity contribution in [3.05, 3.63) is 53.6 Å². The van der Waals surface area contributed by atoms with Crippen molar-refractivity contribution >= 4 is 5.97 Å². The van der Waals surface area contributed by atoms with Crippen LogP contribution in [0.5, 0.6) is 17.2 Å². The summed E-state index contributed by atoms with van der Waals surface area (Å²) in [4.78, 5) is 12.0. The van der Waals surface area contributed by atoms with E-state index in [2.05, 4.69) is 0 Å². The smallest absolute Gasteiger partial charge is 0.338 e. The Hall–Kier alpha value is -2.69. The van der Waals surface area contributed by atoms with Crippen LogP contribution in [-0.2, 0) is 11.2 Å². The summed E-state index contributed by atoms with van der Waals surface area (Å²) >= 11 is 0. The number of aromatic hydroxyl groups is 3. The normalized spacial score (nSPS) is 11.9. The number of esters is 1. The first-order valence-corrected chi connectivity index (χ1v) is 6.97. The molecule has 2 aromatic rings. The first-order valence-electron chi connectivity index (χ1n) is 6.97. The second-order valence-electron chi connectivity index (χ2n) is 5.10. The van der Waals surface area contributed by atoms with Crippen LogP contribution in [0.4, 0.5) is 0 Å². The summed E-state index contributed by atoms with van der Waals surface area (Å²) in [7, 11) is 0. The molecular weight excluding hydrogens is 284 g/mol. The molecule has 1 atom stereocenters. The molecule has 3 N–H and O–H groups in total. The molecule has 0 heterocycles. The van der Waals surface area contributed by atoms with Crippen LogP contribution in [0.1, 0.15) is 29.3 Å². The standard InChI is InChI=1S/C17H18O5/c1-11(7-8-12-5-3-2-4-6-12)22-17(21)13-9-14(18)16(20)15(19)10-13/h2-6,9-11,18-20H,7-8H2,1H3. The maximum atomic E-state index is 12.0. The number of ether oxygens (including phenoxy) is 1. The van der Waals surface area contributed by atoms with Gasteiger partial charge in [-0.25, -0.2) is 4.79 Å². The molecule has 0 aliphatic heterocycles. The van der Waals surface area contributed by atoms with Crippen LogP contribution in [0.15, 0.2) is 42.5 Å². The van der Waals surface area contributed by atoms with Crippen molar-refractivity contribution in [1.29, 1.82) is 0 Å². The van der Waals surface area contributed by atoms with Crippen LogP contribution < -0.4 is 0 Å². The Bertz CT molecular complexity index is 628. The number of benzene rings is 2. The number of carbonyl (C=O) groups excluding carboxylic acids is 1. The van der Waals surface area contributed by atoms with Gasteiger partial charge in [-0.15, -0.1) is 0 Å². The third-order valence-electron chi connectivity index (χ3n) is 3.30. The fraction of sp³-hybridized carbons (Fsp3) is 0.235. The Morgan fingerprint density at radius 3 is 2.27 bits per heavy atom. The van der Waals surface area contributed by atoms with Crippen molar-refractivity contribution in [3.8, 4) is 17.2 Å². The van der Waals surface area contributed by atoms with E-state index in [4.69, 9.17) is 4.74 Å². The van der Waals surface area contributed by atoms with Gasteiger partial charge in [-0.05, 0) is 37.5 Å². The lowest BCUT2D eigenvalue weighted by atomic mass is 10.1. The van der Waals surface area contributed by atoms with E-state index in [1.54, 1.807) is 6.92 Å². The largest absolute Gasteiger partial charge is 0.504 e. The van der Waals surface area contributed by atoms with Crippen molar-refractivity contribution in [2.24, 2.45) is 0 Å². The fourth-order valence-electron chi connectivity index (χ4n) is 2.05. The summed E-state index contributed by atoms with van der Waals surface area (Å²) in [6, 6.07) is 12.0. The Labute approximate surface area is 128 Å². The van der Waals surface area contributed by atoms with Gasteiger partial charge < -0.3 is 20.1 Å². The van der Waals surface area contributed by atoms with Gasteiger partial charge >= 0.3 is 5.97 Å². The number of phenols is 3. The number of carbonyl (C=O) groups is 1. The highest BCUT2D eigenvalue weighted by Crippen LogP contribution is 2.35. The number of rotatable bonds is 5. The molecule has 0 amide bonds. The predicted molar refractivity (Wildman–Crippen MR) is 81.1 cm³/mol. The zero-order chi connectivity index (χ0) is 16.1. The van der Waals surface area contributed by atoms with E-state index in [-0.39, 0.29) is 11.7 Å². The van der Waals surface area contributed by atoms with E-state index >= 15 is 0 Å². The van der Waals surface area contributed by atoms with Gasteiger partial charge in [0.1, 0.15) is 0 Å². The summed E-state index contributed by atoms with van der Waals surface area (Å²) in [5, 5.41) is 28.0. The second-order valence-corrected chi connectivity index (χ2v) is 5.10. The zero-order valence-electron chi connectivity index (χ0n) is 12.2. The highest BCUT2D eigenvalue weighted by molar-refractivity contribution is 5.91. The fourth-order valence-corrected chi connectivity index (χ4v) is 2.05. The lowest BCUT2D eigenvalue weighted by Gasteiger charge is -2.14. The lowest BCUT2D eigenvalue weighted by Crippen LogP contribution is -2.15. The molecule has 5 nitrogen and oxygen atoms in total. The van der Waals surface area contributed by atoms with Crippen molar-refractivity contribution in [3.63, 3.8) is 0 Å². The first-order chi connectivity index (χ1) is 10.5. The van der Waals surface area contributed by atoms with Gasteiger partial charge in [-0.1, -0.05) is 30.3 Å². The molecule has 116 valence electrons. The number of hydrogen-bond acceptors (Lipinski definition) is 5. The van der Waals surface area contributed by atoms with E-state index in [0.717, 1.165) is 24.1 Å². The van der Waals surface area contributed by atoms with Crippen LogP contribution in [0, 0.1) is 0 Å². The van der Waals surface area contributed by atoms with E-state index < -0.39 is 23.2 Å². The van der Waals surface area contributed by atoms with Gasteiger partial charge in [0.25, 0.3) is 0 Å². The highest BCUT2D eigenvalue weighted by Gasteiger charge is 2.16. The van der Waals surface area contributed by atoms with Gasteiger partial charge in [0.05, 0.1) is 11.7 Å². The summed E-state index contributed by atoms with van der Waals surface area (Å²) in [5.74, 6) is -2.45. The van der Waals surface area contributed by atoms with Crippen molar-refractivity contribution < 1.29 is 24.9 Å². The molecule has 2 aromatic carbocycles. The zero-order valence-corrected chi connectivity index (χ0v) is 12.2. The maximum Gasteiger partial charge on any atom is 0.338 e. The molecule has 0 spiro atoms. The van der Waals surface area contributed by atoms with Crippen LogP contribution in [0.3, 0.4) is 0 Å². The molecule has 0 aliphatic rings. The maximum absolute atomic E-state index is 12.0. The third kappa shape index (κ3) is 3.91. The van der Waals surface area contributed by atoms with Gasteiger partial charge in [-0.3, -0.25) is 0 Å². The molecule has 0 fully saturated rings. The molecule has 0 aromatic heterocycles. The van der Waals surface area contributed by atoms with Crippen LogP contribution in [-0.4, -0.2) is 27.4 Å². The SMILES string of the molecule is CC(CCc1ccccc1)OC(=O)c1cc(O)c(O)c(O)c1. The van der Waals surface area contributed by atoms with Gasteiger partial charge in [0.15, 0.2) is 17.2 Å². The molecule has 1 unspecified atom stereocenters. The van der Waals surface area contributed by atoms with Crippen molar-refractivity contribution in [2.75, 3.05) is 0 Å². The lowest BCUT2D eigenvalue weighted by molar-refractivity contribution is 0.0324. The number of aryl methyl sites for hydroxylation is 1. The van der Waals surface area contributed by atoms with Gasteiger partial charge in [-0.2, -0.15) is 0 Å². The molecule has 0 bridgehead atoms. The Balaban J connectivity index is 1.94. The molecule has 2 rings (SSSR count). The molecule has 22 heavy (non-hydrogen) atoms.